The number of nitrogens with one attached hydrogen (secondary N) is 1. The van der Waals surface area contributed by atoms with Crippen molar-refractivity contribution in [1.82, 2.24) is 10.2 Å². The quantitative estimate of drug-likeness (QED) is 0.814. The van der Waals surface area contributed by atoms with E-state index in [9.17, 15) is 0 Å². The summed E-state index contributed by atoms with van der Waals surface area (Å²) in [5, 5.41) is 3.74. The lowest BCUT2D eigenvalue weighted by Gasteiger charge is -2.38. The van der Waals surface area contributed by atoms with Gasteiger partial charge in [-0.1, -0.05) is 26.2 Å². The summed E-state index contributed by atoms with van der Waals surface area (Å²) in [4.78, 5) is 2.87. The van der Waals surface area contributed by atoms with Gasteiger partial charge in [-0.25, -0.2) is 0 Å². The van der Waals surface area contributed by atoms with Gasteiger partial charge < -0.3 is 5.32 Å². The van der Waals surface area contributed by atoms with Crippen LogP contribution in [0.25, 0.3) is 0 Å². The molecule has 2 nitrogen and oxygen atoms in total. The summed E-state index contributed by atoms with van der Waals surface area (Å²) in [6.07, 6.45) is 10.0. The van der Waals surface area contributed by atoms with Crippen molar-refractivity contribution in [3.05, 3.63) is 0 Å². The molecule has 0 amide bonds. The van der Waals surface area contributed by atoms with Gasteiger partial charge in [0.15, 0.2) is 0 Å². The molecule has 0 radical (unpaired) electrons. The van der Waals surface area contributed by atoms with Crippen LogP contribution in [0.3, 0.4) is 0 Å². The van der Waals surface area contributed by atoms with Crippen LogP contribution in [0.1, 0.15) is 72.6 Å². The van der Waals surface area contributed by atoms with Crippen LogP contribution in [-0.4, -0.2) is 35.6 Å². The second-order valence-electron chi connectivity index (χ2n) is 7.71. The van der Waals surface area contributed by atoms with E-state index in [4.69, 9.17) is 0 Å². The highest BCUT2D eigenvalue weighted by molar-refractivity contribution is 4.94. The van der Waals surface area contributed by atoms with Gasteiger partial charge in [0.1, 0.15) is 0 Å². The summed E-state index contributed by atoms with van der Waals surface area (Å²) in [6, 6.07) is 1.67. The first-order valence-corrected chi connectivity index (χ1v) is 8.52. The van der Waals surface area contributed by atoms with Crippen LogP contribution in [0.5, 0.6) is 0 Å². The van der Waals surface area contributed by atoms with Crippen LogP contribution in [0, 0.1) is 5.92 Å². The minimum atomic E-state index is 0.248. The first kappa shape index (κ1) is 15.3. The number of likely N-dealkylation sites (tertiary alicyclic amines) is 1. The van der Waals surface area contributed by atoms with E-state index in [0.717, 1.165) is 18.0 Å². The molecule has 0 aromatic rings. The second-order valence-corrected chi connectivity index (χ2v) is 7.71. The van der Waals surface area contributed by atoms with Gasteiger partial charge in [0.25, 0.3) is 0 Å². The summed E-state index contributed by atoms with van der Waals surface area (Å²) in [5.41, 5.74) is 0.248. The van der Waals surface area contributed by atoms with Gasteiger partial charge in [-0.15, -0.1) is 0 Å². The Bertz CT molecular complexity index is 269. The van der Waals surface area contributed by atoms with Crippen molar-refractivity contribution in [1.29, 1.82) is 0 Å². The maximum Gasteiger partial charge on any atom is 0.0223 e. The molecular formula is C17H34N2. The molecule has 0 spiro atoms. The Hall–Kier alpha value is -0.0800. The molecule has 1 saturated heterocycles. The second kappa shape index (κ2) is 6.58. The van der Waals surface area contributed by atoms with E-state index >= 15 is 0 Å². The van der Waals surface area contributed by atoms with Crippen molar-refractivity contribution in [2.24, 2.45) is 5.92 Å². The normalized spacial score (nSPS) is 30.3. The summed E-state index contributed by atoms with van der Waals surface area (Å²) in [6.45, 7) is 11.7. The van der Waals surface area contributed by atoms with E-state index in [0.29, 0.717) is 0 Å². The number of hydrogen-bond donors (Lipinski definition) is 1. The molecule has 3 atom stereocenters. The lowest BCUT2D eigenvalue weighted by atomic mass is 9.85. The molecule has 2 fully saturated rings. The maximum absolute atomic E-state index is 3.74. The zero-order chi connectivity index (χ0) is 13.9. The Morgan fingerprint density at radius 2 is 1.89 bits per heavy atom. The molecule has 112 valence electrons. The molecule has 0 bridgehead atoms. The van der Waals surface area contributed by atoms with Gasteiger partial charge in [-0.05, 0) is 58.9 Å². The van der Waals surface area contributed by atoms with Crippen LogP contribution >= 0.6 is 0 Å². The Kier molecular flexibility index (Phi) is 5.30. The predicted molar refractivity (Wildman–Crippen MR) is 83.5 cm³/mol. The van der Waals surface area contributed by atoms with Crippen LogP contribution in [0.4, 0.5) is 0 Å². The van der Waals surface area contributed by atoms with Gasteiger partial charge in [0, 0.05) is 24.2 Å². The summed E-state index contributed by atoms with van der Waals surface area (Å²) in [5.74, 6) is 1.02. The van der Waals surface area contributed by atoms with Crippen LogP contribution in [-0.2, 0) is 0 Å². The lowest BCUT2D eigenvalue weighted by Crippen LogP contribution is -2.50. The molecule has 3 unspecified atom stereocenters. The zero-order valence-corrected chi connectivity index (χ0v) is 13.5. The van der Waals surface area contributed by atoms with Crippen molar-refractivity contribution in [2.45, 2.75) is 90.3 Å². The number of nitrogens with zero attached hydrogens (tertiary/aromatic N) is 1. The summed E-state index contributed by atoms with van der Waals surface area (Å²) < 4.78 is 0. The average molecular weight is 266 g/mol. The monoisotopic (exact) mass is 266 g/mol. The number of fused-ring (bicyclic) bond motifs is 1. The minimum absolute atomic E-state index is 0.248. The smallest absolute Gasteiger partial charge is 0.0223 e. The van der Waals surface area contributed by atoms with Gasteiger partial charge in [-0.3, -0.25) is 4.90 Å². The minimum Gasteiger partial charge on any atom is -0.311 e. The summed E-state index contributed by atoms with van der Waals surface area (Å²) in [7, 11) is 0. The predicted octanol–water partition coefficient (Wildman–Crippen LogP) is 3.81. The molecule has 0 aromatic heterocycles. The fourth-order valence-electron chi connectivity index (χ4n) is 4.04. The third kappa shape index (κ3) is 4.19. The summed E-state index contributed by atoms with van der Waals surface area (Å²) >= 11 is 0. The third-order valence-corrected chi connectivity index (χ3v) is 5.01. The Morgan fingerprint density at radius 1 is 1.16 bits per heavy atom. The standard InChI is InChI=1S/C17H34N2/c1-5-8-15(13-18-17(2,3)4)19-12-11-14-9-6-7-10-16(14)19/h14-16,18H,5-13H2,1-4H3. The van der Waals surface area contributed by atoms with Gasteiger partial charge in [0.2, 0.25) is 0 Å². The molecule has 1 N–H and O–H groups in total. The van der Waals surface area contributed by atoms with E-state index in [-0.39, 0.29) is 5.54 Å². The Balaban J connectivity index is 1.94. The first-order valence-electron chi connectivity index (χ1n) is 8.52. The number of rotatable bonds is 5. The van der Waals surface area contributed by atoms with Gasteiger partial charge in [0.05, 0.1) is 0 Å². The zero-order valence-electron chi connectivity index (χ0n) is 13.5. The third-order valence-electron chi connectivity index (χ3n) is 5.01. The molecule has 1 heterocycles. The van der Waals surface area contributed by atoms with Crippen molar-refractivity contribution >= 4 is 0 Å². The molecule has 1 aliphatic carbocycles. The first-order chi connectivity index (χ1) is 9.01. The van der Waals surface area contributed by atoms with Crippen molar-refractivity contribution in [3.8, 4) is 0 Å². The van der Waals surface area contributed by atoms with E-state index in [1.165, 1.54) is 58.0 Å². The van der Waals surface area contributed by atoms with Crippen molar-refractivity contribution in [2.75, 3.05) is 13.1 Å². The largest absolute Gasteiger partial charge is 0.311 e. The van der Waals surface area contributed by atoms with Crippen LogP contribution < -0.4 is 5.32 Å². The van der Waals surface area contributed by atoms with E-state index < -0.39 is 0 Å². The highest BCUT2D eigenvalue weighted by atomic mass is 15.2. The average Bonchev–Trinajstić information content (AvgIpc) is 2.77. The molecule has 2 aliphatic rings. The van der Waals surface area contributed by atoms with E-state index in [2.05, 4.69) is 37.9 Å². The fraction of sp³-hybridized carbons (Fsp3) is 1.00. The fourth-order valence-corrected chi connectivity index (χ4v) is 4.04. The van der Waals surface area contributed by atoms with Gasteiger partial charge >= 0.3 is 0 Å². The van der Waals surface area contributed by atoms with Crippen molar-refractivity contribution in [3.63, 3.8) is 0 Å². The molecule has 19 heavy (non-hydrogen) atoms. The number of hydrogen-bond acceptors (Lipinski definition) is 2. The SMILES string of the molecule is CCCC(CNC(C)(C)C)N1CCC2CCCCC21. The molecule has 1 saturated carbocycles. The topological polar surface area (TPSA) is 15.3 Å². The van der Waals surface area contributed by atoms with Crippen LogP contribution in [0.2, 0.25) is 0 Å². The molecule has 2 heteroatoms. The highest BCUT2D eigenvalue weighted by Crippen LogP contribution is 2.37. The molecule has 1 aliphatic heterocycles. The van der Waals surface area contributed by atoms with Gasteiger partial charge in [-0.2, -0.15) is 0 Å². The Labute approximate surface area is 120 Å². The van der Waals surface area contributed by atoms with E-state index in [1.807, 2.05) is 0 Å². The maximum atomic E-state index is 3.74. The van der Waals surface area contributed by atoms with Crippen molar-refractivity contribution < 1.29 is 0 Å². The Morgan fingerprint density at radius 3 is 2.58 bits per heavy atom. The van der Waals surface area contributed by atoms with E-state index in [1.54, 1.807) is 0 Å². The van der Waals surface area contributed by atoms with Crippen LogP contribution in [0.15, 0.2) is 0 Å². The molecular weight excluding hydrogens is 232 g/mol. The highest BCUT2D eigenvalue weighted by Gasteiger charge is 2.38. The molecule has 0 aromatic carbocycles. The lowest BCUT2D eigenvalue weighted by molar-refractivity contribution is 0.119. The molecule has 2 rings (SSSR count).